The van der Waals surface area contributed by atoms with E-state index in [0.29, 0.717) is 25.3 Å². The molecule has 184 valence electrons. The fraction of sp³-hybridized carbons (Fsp3) is 0.357. The highest BCUT2D eigenvalue weighted by atomic mass is 32.1. The topological polar surface area (TPSA) is 61.9 Å². The van der Waals surface area contributed by atoms with Gasteiger partial charge in [0.05, 0.1) is 18.6 Å². The minimum Gasteiger partial charge on any atom is -0.383 e. The first-order valence-electron chi connectivity index (χ1n) is 12.2. The number of benzene rings is 2. The number of thiophene rings is 1. The lowest BCUT2D eigenvalue weighted by Crippen LogP contribution is -2.48. The Labute approximate surface area is 211 Å². The van der Waals surface area contributed by atoms with Crippen molar-refractivity contribution >= 4 is 28.8 Å². The van der Waals surface area contributed by atoms with Crippen molar-refractivity contribution in [1.29, 1.82) is 0 Å². The molecule has 4 rings (SSSR count). The van der Waals surface area contributed by atoms with Gasteiger partial charge in [-0.05, 0) is 48.6 Å². The molecule has 1 aliphatic rings. The summed E-state index contributed by atoms with van der Waals surface area (Å²) in [6.45, 7) is 5.32. The van der Waals surface area contributed by atoms with Crippen LogP contribution < -0.4 is 10.2 Å². The minimum absolute atomic E-state index is 0.0477. The van der Waals surface area contributed by atoms with E-state index in [4.69, 9.17) is 4.74 Å². The maximum atomic E-state index is 13.7. The third kappa shape index (κ3) is 5.57. The van der Waals surface area contributed by atoms with Crippen LogP contribution in [0.4, 0.5) is 5.69 Å². The summed E-state index contributed by atoms with van der Waals surface area (Å²) in [6, 6.07) is 21.4. The van der Waals surface area contributed by atoms with Crippen LogP contribution in [0.5, 0.6) is 0 Å². The van der Waals surface area contributed by atoms with Gasteiger partial charge in [0, 0.05) is 49.4 Å². The van der Waals surface area contributed by atoms with Crippen LogP contribution in [-0.2, 0) is 9.53 Å². The van der Waals surface area contributed by atoms with Crippen LogP contribution >= 0.6 is 11.3 Å². The number of carbonyl (C=O) groups excluding carboxylic acids is 2. The summed E-state index contributed by atoms with van der Waals surface area (Å²) in [5.41, 5.74) is 2.58. The Morgan fingerprint density at radius 1 is 1.09 bits per heavy atom. The van der Waals surface area contributed by atoms with Crippen LogP contribution in [-0.4, -0.2) is 56.6 Å². The number of amides is 2. The molecule has 1 N–H and O–H groups in total. The molecular weight excluding hydrogens is 458 g/mol. The predicted octanol–water partition coefficient (Wildman–Crippen LogP) is 4.71. The van der Waals surface area contributed by atoms with Gasteiger partial charge >= 0.3 is 0 Å². The largest absolute Gasteiger partial charge is 0.383 e. The molecule has 7 heteroatoms. The molecule has 0 bridgehead atoms. The molecule has 0 saturated carbocycles. The number of hydrogen-bond acceptors (Lipinski definition) is 5. The summed E-state index contributed by atoms with van der Waals surface area (Å²) in [6.07, 6.45) is 0.832. The Balaban J connectivity index is 1.52. The van der Waals surface area contributed by atoms with E-state index in [1.54, 1.807) is 23.3 Å². The molecule has 2 amide bonds. The van der Waals surface area contributed by atoms with E-state index in [1.807, 2.05) is 60.0 Å². The molecule has 3 aromatic rings. The number of rotatable bonds is 11. The molecule has 2 atom stereocenters. The van der Waals surface area contributed by atoms with Gasteiger partial charge in [0.25, 0.3) is 5.91 Å². The molecular formula is C28H33N3O3S. The van der Waals surface area contributed by atoms with E-state index in [1.165, 1.54) is 5.69 Å². The van der Waals surface area contributed by atoms with Gasteiger partial charge in [0.2, 0.25) is 5.91 Å². The Morgan fingerprint density at radius 2 is 1.86 bits per heavy atom. The summed E-state index contributed by atoms with van der Waals surface area (Å²) < 4.78 is 5.30. The summed E-state index contributed by atoms with van der Waals surface area (Å²) in [5, 5.41) is 5.17. The Bertz CT molecular complexity index is 1100. The average Bonchev–Trinajstić information content (AvgIpc) is 3.43. The zero-order valence-corrected chi connectivity index (χ0v) is 21.2. The second kappa shape index (κ2) is 12.0. The molecule has 6 nitrogen and oxygen atoms in total. The average molecular weight is 492 g/mol. The summed E-state index contributed by atoms with van der Waals surface area (Å²) in [7, 11) is 1.63. The van der Waals surface area contributed by atoms with Crippen molar-refractivity contribution in [3.05, 3.63) is 88.1 Å². The number of para-hydroxylation sites is 1. The van der Waals surface area contributed by atoms with Crippen molar-refractivity contribution < 1.29 is 14.3 Å². The highest BCUT2D eigenvalue weighted by molar-refractivity contribution is 7.10. The maximum Gasteiger partial charge on any atom is 0.254 e. The van der Waals surface area contributed by atoms with Gasteiger partial charge in [-0.15, -0.1) is 11.3 Å². The minimum atomic E-state index is -0.476. The standard InChI is InChI=1S/C28H33N3O3S/c1-3-30(21-11-5-4-6-12-21)17-10-16-29-27(32)25-22-13-7-8-14-23(22)28(33)31(18-19-34-2)26(25)24-15-9-20-35-24/h4-9,11-15,20,25-26H,3,10,16-19H2,1-2H3,(H,29,32). The number of ether oxygens (including phenoxy) is 1. The van der Waals surface area contributed by atoms with Gasteiger partial charge in [0.1, 0.15) is 0 Å². The van der Waals surface area contributed by atoms with Crippen molar-refractivity contribution in [2.75, 3.05) is 44.8 Å². The second-order valence-corrected chi connectivity index (χ2v) is 9.56. The van der Waals surface area contributed by atoms with E-state index < -0.39 is 5.92 Å². The van der Waals surface area contributed by atoms with Gasteiger partial charge in [-0.2, -0.15) is 0 Å². The lowest BCUT2D eigenvalue weighted by molar-refractivity contribution is -0.124. The maximum absolute atomic E-state index is 13.7. The molecule has 1 aliphatic heterocycles. The highest BCUT2D eigenvalue weighted by Gasteiger charge is 2.44. The van der Waals surface area contributed by atoms with Crippen LogP contribution in [0.2, 0.25) is 0 Å². The van der Waals surface area contributed by atoms with Crippen molar-refractivity contribution in [2.24, 2.45) is 0 Å². The quantitative estimate of drug-likeness (QED) is 0.395. The van der Waals surface area contributed by atoms with Gasteiger partial charge < -0.3 is 19.9 Å². The van der Waals surface area contributed by atoms with E-state index in [-0.39, 0.29) is 17.9 Å². The second-order valence-electron chi connectivity index (χ2n) is 8.58. The number of carbonyl (C=O) groups is 2. The first-order chi connectivity index (χ1) is 17.2. The third-order valence-electron chi connectivity index (χ3n) is 6.50. The van der Waals surface area contributed by atoms with Crippen LogP contribution in [0.15, 0.2) is 72.1 Å². The van der Waals surface area contributed by atoms with Gasteiger partial charge in [0.15, 0.2) is 0 Å². The van der Waals surface area contributed by atoms with E-state index in [0.717, 1.165) is 30.0 Å². The van der Waals surface area contributed by atoms with Crippen molar-refractivity contribution in [3.63, 3.8) is 0 Å². The summed E-state index contributed by atoms with van der Waals surface area (Å²) >= 11 is 1.58. The van der Waals surface area contributed by atoms with E-state index in [9.17, 15) is 9.59 Å². The van der Waals surface area contributed by atoms with Crippen LogP contribution in [0, 0.1) is 0 Å². The third-order valence-corrected chi connectivity index (χ3v) is 7.44. The molecule has 0 radical (unpaired) electrons. The number of nitrogens with zero attached hydrogens (tertiary/aromatic N) is 2. The first-order valence-corrected chi connectivity index (χ1v) is 13.0. The van der Waals surface area contributed by atoms with Crippen LogP contribution in [0.3, 0.4) is 0 Å². The summed E-state index contributed by atoms with van der Waals surface area (Å²) in [4.78, 5) is 32.2. The Hall–Kier alpha value is -3.16. The van der Waals surface area contributed by atoms with Gasteiger partial charge in [-0.25, -0.2) is 0 Å². The highest BCUT2D eigenvalue weighted by Crippen LogP contribution is 2.44. The molecule has 0 saturated heterocycles. The lowest BCUT2D eigenvalue weighted by Gasteiger charge is -2.41. The molecule has 0 aliphatic carbocycles. The van der Waals surface area contributed by atoms with Crippen molar-refractivity contribution in [3.8, 4) is 0 Å². The van der Waals surface area contributed by atoms with Gasteiger partial charge in [-0.3, -0.25) is 9.59 Å². The van der Waals surface area contributed by atoms with Crippen LogP contribution in [0.25, 0.3) is 0 Å². The fourth-order valence-electron chi connectivity index (χ4n) is 4.79. The number of methoxy groups -OCH3 is 1. The van der Waals surface area contributed by atoms with Gasteiger partial charge in [-0.1, -0.05) is 42.5 Å². The molecule has 2 aromatic carbocycles. The van der Waals surface area contributed by atoms with E-state index >= 15 is 0 Å². The zero-order chi connectivity index (χ0) is 24.6. The first kappa shape index (κ1) is 24.9. The summed E-state index contributed by atoms with van der Waals surface area (Å²) in [5.74, 6) is -0.578. The van der Waals surface area contributed by atoms with Crippen molar-refractivity contribution in [1.82, 2.24) is 10.2 Å². The number of nitrogens with one attached hydrogen (secondary N) is 1. The van der Waals surface area contributed by atoms with E-state index in [2.05, 4.69) is 29.3 Å². The monoisotopic (exact) mass is 491 g/mol. The lowest BCUT2D eigenvalue weighted by atomic mass is 9.81. The Morgan fingerprint density at radius 3 is 2.57 bits per heavy atom. The smallest absolute Gasteiger partial charge is 0.254 e. The molecule has 2 unspecified atom stereocenters. The zero-order valence-electron chi connectivity index (χ0n) is 20.4. The SMILES string of the molecule is CCN(CCCNC(=O)C1c2ccccc2C(=O)N(CCOC)C1c1cccs1)c1ccccc1. The molecule has 2 heterocycles. The number of hydrogen-bond donors (Lipinski definition) is 1. The van der Waals surface area contributed by atoms with Crippen molar-refractivity contribution in [2.45, 2.75) is 25.3 Å². The molecule has 0 spiro atoms. The molecule has 0 fully saturated rings. The number of anilines is 1. The predicted molar refractivity (Wildman–Crippen MR) is 141 cm³/mol. The fourth-order valence-corrected chi connectivity index (χ4v) is 5.66. The molecule has 1 aromatic heterocycles. The normalized spacial score (nSPS) is 17.2. The Kier molecular flexibility index (Phi) is 8.55. The molecule has 35 heavy (non-hydrogen) atoms. The van der Waals surface area contributed by atoms with Crippen LogP contribution in [0.1, 0.15) is 46.1 Å². The number of fused-ring (bicyclic) bond motifs is 1.